The van der Waals surface area contributed by atoms with Gasteiger partial charge in [-0.1, -0.05) is 25.0 Å². The number of amides is 1. The highest BCUT2D eigenvalue weighted by Gasteiger charge is 2.47. The van der Waals surface area contributed by atoms with Crippen molar-refractivity contribution in [2.24, 2.45) is 5.92 Å². The Morgan fingerprint density at radius 1 is 1.29 bits per heavy atom. The molecule has 24 heavy (non-hydrogen) atoms. The van der Waals surface area contributed by atoms with Gasteiger partial charge in [0.05, 0.1) is 11.3 Å². The average Bonchev–Trinajstić information content (AvgIpc) is 2.95. The minimum absolute atomic E-state index is 0.00528. The molecule has 0 bridgehead atoms. The van der Waals surface area contributed by atoms with Crippen molar-refractivity contribution in [3.8, 4) is 0 Å². The topological polar surface area (TPSA) is 101 Å². The van der Waals surface area contributed by atoms with E-state index in [2.05, 4.69) is 0 Å². The van der Waals surface area contributed by atoms with Crippen LogP contribution in [0.4, 0.5) is 5.69 Å². The van der Waals surface area contributed by atoms with Gasteiger partial charge in [0.1, 0.15) is 6.04 Å². The first-order chi connectivity index (χ1) is 11.5. The molecular weight excluding hydrogens is 312 g/mol. The van der Waals surface area contributed by atoms with Crippen molar-refractivity contribution in [2.75, 3.05) is 0 Å². The monoisotopic (exact) mass is 332 g/mol. The van der Waals surface area contributed by atoms with Crippen molar-refractivity contribution in [1.82, 2.24) is 4.90 Å². The molecule has 1 aliphatic heterocycles. The van der Waals surface area contributed by atoms with Gasteiger partial charge in [0.15, 0.2) is 0 Å². The van der Waals surface area contributed by atoms with Gasteiger partial charge in [-0.05, 0) is 30.7 Å². The van der Waals surface area contributed by atoms with Crippen molar-refractivity contribution in [3.63, 3.8) is 0 Å². The van der Waals surface area contributed by atoms with E-state index in [0.29, 0.717) is 12.0 Å². The lowest BCUT2D eigenvalue weighted by Crippen LogP contribution is -2.46. The number of fused-ring (bicyclic) bond motifs is 1. The molecule has 1 aromatic rings. The Morgan fingerprint density at radius 3 is 2.75 bits per heavy atom. The molecule has 1 N–H and O–H groups in total. The van der Waals surface area contributed by atoms with Gasteiger partial charge in [0.25, 0.3) is 5.69 Å². The number of benzene rings is 1. The molecule has 7 nitrogen and oxygen atoms in total. The smallest absolute Gasteiger partial charge is 0.326 e. The number of nitro groups is 1. The van der Waals surface area contributed by atoms with Gasteiger partial charge in [0.2, 0.25) is 5.91 Å². The molecule has 3 rings (SSSR count). The number of carboxylic acids is 1. The normalized spacial score (nSPS) is 26.0. The first-order valence-electron chi connectivity index (χ1n) is 8.24. The van der Waals surface area contributed by atoms with E-state index in [1.807, 2.05) is 0 Å². The van der Waals surface area contributed by atoms with Crippen LogP contribution < -0.4 is 0 Å². The number of carboxylic acid groups (broad SMARTS) is 1. The van der Waals surface area contributed by atoms with Crippen LogP contribution in [0.5, 0.6) is 0 Å². The molecular formula is C17H20N2O5. The van der Waals surface area contributed by atoms with E-state index < -0.39 is 16.9 Å². The summed E-state index contributed by atoms with van der Waals surface area (Å²) in [5.74, 6) is -0.956. The van der Waals surface area contributed by atoms with Crippen LogP contribution >= 0.6 is 0 Å². The molecule has 1 amide bonds. The second kappa shape index (κ2) is 6.59. The van der Waals surface area contributed by atoms with E-state index in [1.54, 1.807) is 12.1 Å². The van der Waals surface area contributed by atoms with E-state index in [-0.39, 0.29) is 30.0 Å². The van der Waals surface area contributed by atoms with Crippen molar-refractivity contribution in [1.29, 1.82) is 0 Å². The lowest BCUT2D eigenvalue weighted by Gasteiger charge is -2.33. The molecule has 2 fully saturated rings. The van der Waals surface area contributed by atoms with Crippen molar-refractivity contribution in [3.05, 3.63) is 39.9 Å². The van der Waals surface area contributed by atoms with Gasteiger partial charge in [-0.2, -0.15) is 0 Å². The highest BCUT2D eigenvalue weighted by molar-refractivity contribution is 5.86. The van der Waals surface area contributed by atoms with E-state index in [9.17, 15) is 24.8 Å². The summed E-state index contributed by atoms with van der Waals surface area (Å²) >= 11 is 0. The molecule has 1 heterocycles. The molecule has 1 aromatic carbocycles. The van der Waals surface area contributed by atoms with E-state index in [0.717, 1.165) is 25.7 Å². The lowest BCUT2D eigenvalue weighted by molar-refractivity contribution is -0.384. The fourth-order valence-corrected chi connectivity index (χ4v) is 4.09. The van der Waals surface area contributed by atoms with Crippen LogP contribution in [0, 0.1) is 16.0 Å². The third kappa shape index (κ3) is 3.11. The molecule has 1 saturated carbocycles. The molecule has 0 radical (unpaired) electrons. The van der Waals surface area contributed by atoms with Crippen LogP contribution in [0.3, 0.4) is 0 Å². The maximum absolute atomic E-state index is 12.8. The maximum atomic E-state index is 12.8. The van der Waals surface area contributed by atoms with E-state index in [1.165, 1.54) is 17.0 Å². The summed E-state index contributed by atoms with van der Waals surface area (Å²) in [6.45, 7) is 0. The Balaban J connectivity index is 1.80. The van der Waals surface area contributed by atoms with Crippen LogP contribution in [0.25, 0.3) is 0 Å². The fraction of sp³-hybridized carbons (Fsp3) is 0.529. The number of non-ortho nitro benzene ring substituents is 1. The summed E-state index contributed by atoms with van der Waals surface area (Å²) in [4.78, 5) is 36.2. The molecule has 128 valence electrons. The quantitative estimate of drug-likeness (QED) is 0.674. The summed E-state index contributed by atoms with van der Waals surface area (Å²) in [6.07, 6.45) is 4.41. The fourth-order valence-electron chi connectivity index (χ4n) is 4.09. The Morgan fingerprint density at radius 2 is 2.04 bits per heavy atom. The number of hydrogen-bond acceptors (Lipinski definition) is 4. The number of carbonyl (C=O) groups is 2. The third-order valence-electron chi connectivity index (χ3n) is 5.14. The molecule has 7 heteroatoms. The molecule has 3 atom stereocenters. The van der Waals surface area contributed by atoms with Crippen molar-refractivity contribution < 1.29 is 19.6 Å². The van der Waals surface area contributed by atoms with Gasteiger partial charge < -0.3 is 10.0 Å². The first kappa shape index (κ1) is 16.4. The molecule has 0 spiro atoms. The highest BCUT2D eigenvalue weighted by atomic mass is 16.6. The zero-order valence-electron chi connectivity index (χ0n) is 13.3. The lowest BCUT2D eigenvalue weighted by atomic mass is 9.84. The van der Waals surface area contributed by atoms with Crippen LogP contribution in [-0.2, 0) is 16.0 Å². The number of nitro benzene ring substituents is 1. The SMILES string of the molecule is O=C(O)C1CC2CCCCC2N1C(=O)Cc1cccc([N+](=O)[O-])c1. The number of hydrogen-bond donors (Lipinski definition) is 1. The third-order valence-corrected chi connectivity index (χ3v) is 5.14. The van der Waals surface area contributed by atoms with E-state index >= 15 is 0 Å². The summed E-state index contributed by atoms with van der Waals surface area (Å²) in [6, 6.07) is 5.18. The molecule has 0 aromatic heterocycles. The van der Waals surface area contributed by atoms with Gasteiger partial charge in [0, 0.05) is 18.2 Å². The van der Waals surface area contributed by atoms with E-state index in [4.69, 9.17) is 0 Å². The number of carbonyl (C=O) groups excluding carboxylic acids is 1. The number of likely N-dealkylation sites (tertiary alicyclic amines) is 1. The van der Waals surface area contributed by atoms with Crippen LogP contribution in [0.2, 0.25) is 0 Å². The summed E-state index contributed by atoms with van der Waals surface area (Å²) < 4.78 is 0. The zero-order valence-corrected chi connectivity index (χ0v) is 13.3. The molecule has 1 aliphatic carbocycles. The second-order valence-electron chi connectivity index (χ2n) is 6.61. The molecule has 1 saturated heterocycles. The van der Waals surface area contributed by atoms with Gasteiger partial charge >= 0.3 is 5.97 Å². The Hall–Kier alpha value is -2.44. The average molecular weight is 332 g/mol. The van der Waals surface area contributed by atoms with Gasteiger partial charge in [-0.25, -0.2) is 4.79 Å². The summed E-state index contributed by atoms with van der Waals surface area (Å²) in [5.41, 5.74) is 0.477. The minimum Gasteiger partial charge on any atom is -0.480 e. The minimum atomic E-state index is -0.961. The Labute approximate surface area is 139 Å². The predicted octanol–water partition coefficient (Wildman–Crippen LogP) is 2.38. The summed E-state index contributed by atoms with van der Waals surface area (Å²) in [5, 5.41) is 20.3. The number of aliphatic carboxylic acids is 1. The largest absolute Gasteiger partial charge is 0.480 e. The predicted molar refractivity (Wildman–Crippen MR) is 85.4 cm³/mol. The number of rotatable bonds is 4. The number of nitrogens with zero attached hydrogens (tertiary/aromatic N) is 2. The maximum Gasteiger partial charge on any atom is 0.326 e. The zero-order chi connectivity index (χ0) is 17.3. The first-order valence-corrected chi connectivity index (χ1v) is 8.24. The van der Waals surface area contributed by atoms with Crippen LogP contribution in [0.15, 0.2) is 24.3 Å². The highest BCUT2D eigenvalue weighted by Crippen LogP contribution is 2.40. The Bertz CT molecular complexity index is 675. The van der Waals surface area contributed by atoms with Crippen molar-refractivity contribution >= 4 is 17.6 Å². The van der Waals surface area contributed by atoms with Crippen LogP contribution in [-0.4, -0.2) is 38.9 Å². The van der Waals surface area contributed by atoms with Crippen molar-refractivity contribution in [2.45, 2.75) is 50.6 Å². The van der Waals surface area contributed by atoms with Gasteiger partial charge in [-0.3, -0.25) is 14.9 Å². The second-order valence-corrected chi connectivity index (χ2v) is 6.61. The summed E-state index contributed by atoms with van der Waals surface area (Å²) in [7, 11) is 0. The standard InChI is InChI=1S/C17H20N2O5/c20-16(9-11-4-3-6-13(8-11)19(23)24)18-14-7-2-1-5-12(14)10-15(18)17(21)22/h3-4,6,8,12,14-15H,1-2,5,7,9-10H2,(H,21,22). The molecule has 3 unspecified atom stereocenters. The van der Waals surface area contributed by atoms with Crippen LogP contribution in [0.1, 0.15) is 37.7 Å². The molecule has 2 aliphatic rings. The van der Waals surface area contributed by atoms with Gasteiger partial charge in [-0.15, -0.1) is 0 Å². The Kier molecular flexibility index (Phi) is 4.51.